The molecule has 1 aliphatic rings. The van der Waals surface area contributed by atoms with Crippen molar-refractivity contribution in [3.8, 4) is 0 Å². The molecule has 2 amide bonds. The Morgan fingerprint density at radius 3 is 2.52 bits per heavy atom. The Balaban J connectivity index is 2.26. The molecule has 0 atom stereocenters. The Morgan fingerprint density at radius 2 is 1.86 bits per heavy atom. The normalized spacial score (nSPS) is 17.6. The van der Waals surface area contributed by atoms with Crippen molar-refractivity contribution < 1.29 is 18.0 Å². The van der Waals surface area contributed by atoms with Crippen LogP contribution in [0.5, 0.6) is 0 Å². The zero-order valence-electron chi connectivity index (χ0n) is 12.3. The second-order valence-electron chi connectivity index (χ2n) is 5.31. The minimum atomic E-state index is -4.36. The lowest BCUT2D eigenvalue weighted by Gasteiger charge is -2.22. The van der Waals surface area contributed by atoms with Crippen molar-refractivity contribution in [2.24, 2.45) is 5.73 Å². The highest BCUT2D eigenvalue weighted by atomic mass is 19.4. The van der Waals surface area contributed by atoms with Gasteiger partial charge in [0.15, 0.2) is 0 Å². The summed E-state index contributed by atoms with van der Waals surface area (Å²) in [6.07, 6.45) is -0.410. The van der Waals surface area contributed by atoms with Gasteiger partial charge < -0.3 is 20.9 Å². The summed E-state index contributed by atoms with van der Waals surface area (Å²) in [7, 11) is 0. The molecule has 0 aliphatic carbocycles. The number of amides is 2. The van der Waals surface area contributed by atoms with Gasteiger partial charge in [0.1, 0.15) is 6.54 Å². The predicted molar refractivity (Wildman–Crippen MR) is 75.0 cm³/mol. The number of nitrogens with one attached hydrogen (secondary N) is 1. The third kappa shape index (κ3) is 8.11. The molecule has 0 aromatic rings. The van der Waals surface area contributed by atoms with Gasteiger partial charge >= 0.3 is 12.2 Å². The number of alkyl halides is 3. The fourth-order valence-corrected chi connectivity index (χ4v) is 2.34. The number of rotatable bonds is 6. The van der Waals surface area contributed by atoms with Crippen LogP contribution in [0.15, 0.2) is 0 Å². The summed E-state index contributed by atoms with van der Waals surface area (Å²) in [6.45, 7) is 2.95. The molecular weight excluding hydrogens is 285 g/mol. The second kappa shape index (κ2) is 9.09. The molecule has 0 saturated carbocycles. The van der Waals surface area contributed by atoms with Crippen LogP contribution in [0.3, 0.4) is 0 Å². The number of nitrogens with zero attached hydrogens (tertiary/aromatic N) is 2. The van der Waals surface area contributed by atoms with E-state index in [9.17, 15) is 18.0 Å². The van der Waals surface area contributed by atoms with Gasteiger partial charge in [-0.3, -0.25) is 0 Å². The Labute approximate surface area is 123 Å². The maximum absolute atomic E-state index is 12.1. The van der Waals surface area contributed by atoms with E-state index in [0.29, 0.717) is 26.2 Å². The summed E-state index contributed by atoms with van der Waals surface area (Å²) in [5.74, 6) is 0. The van der Waals surface area contributed by atoms with Crippen molar-refractivity contribution in [1.82, 2.24) is 15.1 Å². The van der Waals surface area contributed by atoms with E-state index in [1.54, 1.807) is 0 Å². The molecule has 0 aromatic carbocycles. The standard InChI is InChI=1S/C13H25F3N4O/c14-13(15,16)11-18-12(21)20-8-4-7-19(9-10-20)6-3-1-2-5-17/h1-11,17H2,(H,18,21). The van der Waals surface area contributed by atoms with Crippen molar-refractivity contribution in [2.45, 2.75) is 31.9 Å². The van der Waals surface area contributed by atoms with Gasteiger partial charge in [-0.1, -0.05) is 6.42 Å². The van der Waals surface area contributed by atoms with Gasteiger partial charge in [0, 0.05) is 19.6 Å². The van der Waals surface area contributed by atoms with E-state index in [1.165, 1.54) is 4.90 Å². The number of nitrogens with two attached hydrogens (primary N) is 1. The second-order valence-corrected chi connectivity index (χ2v) is 5.31. The van der Waals surface area contributed by atoms with E-state index in [2.05, 4.69) is 4.90 Å². The first-order valence-corrected chi connectivity index (χ1v) is 7.44. The van der Waals surface area contributed by atoms with Crippen LogP contribution in [0.2, 0.25) is 0 Å². The largest absolute Gasteiger partial charge is 0.405 e. The molecule has 1 heterocycles. The Hall–Kier alpha value is -1.02. The van der Waals surface area contributed by atoms with E-state index in [-0.39, 0.29) is 0 Å². The summed E-state index contributed by atoms with van der Waals surface area (Å²) in [5, 5.41) is 1.92. The highest BCUT2D eigenvalue weighted by molar-refractivity contribution is 5.74. The molecule has 0 unspecified atom stereocenters. The molecule has 0 spiro atoms. The van der Waals surface area contributed by atoms with E-state index in [4.69, 9.17) is 5.73 Å². The fraction of sp³-hybridized carbons (Fsp3) is 0.923. The monoisotopic (exact) mass is 310 g/mol. The van der Waals surface area contributed by atoms with E-state index < -0.39 is 18.8 Å². The fourth-order valence-electron chi connectivity index (χ4n) is 2.34. The first-order chi connectivity index (χ1) is 9.92. The third-order valence-corrected chi connectivity index (χ3v) is 3.49. The summed E-state index contributed by atoms with van der Waals surface area (Å²) < 4.78 is 36.2. The first kappa shape index (κ1) is 18.0. The quantitative estimate of drug-likeness (QED) is 0.729. The van der Waals surface area contributed by atoms with Gasteiger partial charge in [0.2, 0.25) is 0 Å². The van der Waals surface area contributed by atoms with Gasteiger partial charge in [-0.05, 0) is 38.9 Å². The van der Waals surface area contributed by atoms with Crippen molar-refractivity contribution in [3.05, 3.63) is 0 Å². The highest BCUT2D eigenvalue weighted by Crippen LogP contribution is 2.13. The third-order valence-electron chi connectivity index (χ3n) is 3.49. The van der Waals surface area contributed by atoms with Crippen LogP contribution in [-0.2, 0) is 0 Å². The maximum atomic E-state index is 12.1. The summed E-state index contributed by atoms with van der Waals surface area (Å²) in [4.78, 5) is 15.4. The first-order valence-electron chi connectivity index (χ1n) is 7.44. The lowest BCUT2D eigenvalue weighted by Crippen LogP contribution is -2.45. The average Bonchev–Trinajstić information content (AvgIpc) is 2.66. The van der Waals surface area contributed by atoms with Crippen LogP contribution in [0.4, 0.5) is 18.0 Å². The Morgan fingerprint density at radius 1 is 1.10 bits per heavy atom. The number of carbonyl (C=O) groups excluding carboxylic acids is 1. The van der Waals surface area contributed by atoms with Crippen LogP contribution in [0.25, 0.3) is 0 Å². The zero-order valence-corrected chi connectivity index (χ0v) is 12.3. The number of carbonyl (C=O) groups is 1. The molecule has 0 radical (unpaired) electrons. The topological polar surface area (TPSA) is 61.6 Å². The minimum absolute atomic E-state index is 0.473. The molecule has 3 N–H and O–H groups in total. The number of hydrogen-bond acceptors (Lipinski definition) is 3. The summed E-state index contributed by atoms with van der Waals surface area (Å²) in [6, 6.07) is -0.627. The summed E-state index contributed by atoms with van der Waals surface area (Å²) in [5.41, 5.74) is 5.44. The molecule has 1 rings (SSSR count). The van der Waals surface area contributed by atoms with Crippen LogP contribution < -0.4 is 11.1 Å². The molecule has 124 valence electrons. The number of urea groups is 1. The molecule has 1 aliphatic heterocycles. The number of hydrogen-bond donors (Lipinski definition) is 2. The SMILES string of the molecule is NCCCCCN1CCCN(C(=O)NCC(F)(F)F)CC1. The van der Waals surface area contributed by atoms with Crippen LogP contribution >= 0.6 is 0 Å². The molecule has 8 heteroatoms. The van der Waals surface area contributed by atoms with Gasteiger partial charge in [0.25, 0.3) is 0 Å². The highest BCUT2D eigenvalue weighted by Gasteiger charge is 2.29. The average molecular weight is 310 g/mol. The zero-order chi connectivity index (χ0) is 15.7. The van der Waals surface area contributed by atoms with Crippen LogP contribution in [-0.4, -0.2) is 67.8 Å². The predicted octanol–water partition coefficient (Wildman–Crippen LogP) is 1.39. The molecule has 1 saturated heterocycles. The Bertz CT molecular complexity index is 312. The van der Waals surface area contributed by atoms with Gasteiger partial charge in [-0.15, -0.1) is 0 Å². The van der Waals surface area contributed by atoms with Crippen molar-refractivity contribution in [3.63, 3.8) is 0 Å². The van der Waals surface area contributed by atoms with Gasteiger partial charge in [-0.25, -0.2) is 4.79 Å². The lowest BCUT2D eigenvalue weighted by molar-refractivity contribution is -0.123. The van der Waals surface area contributed by atoms with Crippen LogP contribution in [0.1, 0.15) is 25.7 Å². The van der Waals surface area contributed by atoms with Gasteiger partial charge in [-0.2, -0.15) is 13.2 Å². The van der Waals surface area contributed by atoms with E-state index in [0.717, 1.165) is 38.8 Å². The smallest absolute Gasteiger partial charge is 0.330 e. The molecule has 5 nitrogen and oxygen atoms in total. The Kier molecular flexibility index (Phi) is 7.81. The lowest BCUT2D eigenvalue weighted by atomic mass is 10.2. The molecule has 0 bridgehead atoms. The van der Waals surface area contributed by atoms with Gasteiger partial charge in [0.05, 0.1) is 0 Å². The van der Waals surface area contributed by atoms with Crippen molar-refractivity contribution >= 4 is 6.03 Å². The number of unbranched alkanes of at least 4 members (excludes halogenated alkanes) is 2. The summed E-state index contributed by atoms with van der Waals surface area (Å²) >= 11 is 0. The number of halogens is 3. The molecular formula is C13H25F3N4O. The van der Waals surface area contributed by atoms with Crippen molar-refractivity contribution in [1.29, 1.82) is 0 Å². The molecule has 21 heavy (non-hydrogen) atoms. The maximum Gasteiger partial charge on any atom is 0.405 e. The van der Waals surface area contributed by atoms with E-state index in [1.807, 2.05) is 5.32 Å². The van der Waals surface area contributed by atoms with Crippen molar-refractivity contribution in [2.75, 3.05) is 45.8 Å². The minimum Gasteiger partial charge on any atom is -0.330 e. The molecule has 1 fully saturated rings. The molecule has 0 aromatic heterocycles. The van der Waals surface area contributed by atoms with Crippen LogP contribution in [0, 0.1) is 0 Å². The van der Waals surface area contributed by atoms with E-state index >= 15 is 0 Å².